The second kappa shape index (κ2) is 5.57. The highest BCUT2D eigenvalue weighted by Crippen LogP contribution is 2.55. The molecule has 0 bridgehead atoms. The molecule has 2 unspecified atom stereocenters. The van der Waals surface area contributed by atoms with Gasteiger partial charge in [-0.1, -0.05) is 12.8 Å². The molecule has 0 radical (unpaired) electrons. The van der Waals surface area contributed by atoms with Crippen LogP contribution in [-0.2, 0) is 17.5 Å². The lowest BCUT2D eigenvalue weighted by atomic mass is 10.0. The number of alkyl halides is 3. The zero-order valence-corrected chi connectivity index (χ0v) is 12.1. The number of nitrogens with one attached hydrogen (secondary N) is 1. The molecule has 1 aromatic rings. The van der Waals surface area contributed by atoms with Gasteiger partial charge >= 0.3 is 6.18 Å². The van der Waals surface area contributed by atoms with Gasteiger partial charge in [0, 0.05) is 18.2 Å². The largest absolute Gasteiger partial charge is 0.416 e. The molecule has 2 saturated carbocycles. The van der Waals surface area contributed by atoms with E-state index >= 15 is 0 Å². The van der Waals surface area contributed by atoms with Crippen molar-refractivity contribution in [2.24, 2.45) is 23.5 Å². The number of halogens is 3. The van der Waals surface area contributed by atoms with Crippen LogP contribution in [0.2, 0.25) is 0 Å². The van der Waals surface area contributed by atoms with Crippen molar-refractivity contribution in [3.8, 4) is 0 Å². The van der Waals surface area contributed by atoms with E-state index in [0.29, 0.717) is 17.4 Å². The summed E-state index contributed by atoms with van der Waals surface area (Å²) >= 11 is 0. The fraction of sp³-hybridized carbons (Fsp3) is 0.562. The summed E-state index contributed by atoms with van der Waals surface area (Å²) in [6.07, 6.45) is -0.0470. The van der Waals surface area contributed by atoms with Crippen molar-refractivity contribution >= 4 is 11.6 Å². The summed E-state index contributed by atoms with van der Waals surface area (Å²) in [4.78, 5) is 12.3. The van der Waals surface area contributed by atoms with E-state index in [9.17, 15) is 18.0 Å². The van der Waals surface area contributed by atoms with Crippen molar-refractivity contribution < 1.29 is 18.0 Å². The number of benzene rings is 1. The van der Waals surface area contributed by atoms with Crippen LogP contribution >= 0.6 is 0 Å². The third-order valence-electron chi connectivity index (χ3n) is 4.78. The first kappa shape index (κ1) is 15.3. The number of carbonyl (C=O) groups is 1. The molecule has 0 aliphatic heterocycles. The van der Waals surface area contributed by atoms with Crippen LogP contribution < -0.4 is 11.1 Å². The van der Waals surface area contributed by atoms with Gasteiger partial charge in [0.1, 0.15) is 0 Å². The standard InChI is InChI=1S/C16H19F3N2O/c17-16(18,19)10-5-9(8-20)6-11(7-10)21-15(22)14-12-3-1-2-4-13(12)14/h5-7,12-14H,1-4,8,20H2,(H,21,22). The Kier molecular flexibility index (Phi) is 3.89. The van der Waals surface area contributed by atoms with E-state index in [4.69, 9.17) is 5.73 Å². The Balaban J connectivity index is 1.76. The van der Waals surface area contributed by atoms with Crippen molar-refractivity contribution in [2.45, 2.75) is 38.4 Å². The minimum atomic E-state index is -4.45. The van der Waals surface area contributed by atoms with Gasteiger partial charge in [0.15, 0.2) is 0 Å². The second-order valence-electron chi connectivity index (χ2n) is 6.25. The molecule has 2 fully saturated rings. The molecule has 22 heavy (non-hydrogen) atoms. The molecule has 3 N–H and O–H groups in total. The molecule has 0 saturated heterocycles. The van der Waals surface area contributed by atoms with E-state index < -0.39 is 11.7 Å². The molecular formula is C16H19F3N2O. The molecule has 2 aliphatic rings. The van der Waals surface area contributed by atoms with Crippen molar-refractivity contribution in [3.05, 3.63) is 29.3 Å². The minimum Gasteiger partial charge on any atom is -0.326 e. The highest BCUT2D eigenvalue weighted by molar-refractivity contribution is 5.95. The van der Waals surface area contributed by atoms with Crippen molar-refractivity contribution in [1.82, 2.24) is 0 Å². The fourth-order valence-corrected chi connectivity index (χ4v) is 3.65. The Morgan fingerprint density at radius 2 is 1.82 bits per heavy atom. The number of anilines is 1. The van der Waals surface area contributed by atoms with E-state index in [0.717, 1.165) is 37.8 Å². The van der Waals surface area contributed by atoms with E-state index in [1.54, 1.807) is 0 Å². The van der Waals surface area contributed by atoms with Gasteiger partial charge in [0.05, 0.1) is 5.56 Å². The highest BCUT2D eigenvalue weighted by Gasteiger charge is 2.54. The van der Waals surface area contributed by atoms with Gasteiger partial charge in [0.25, 0.3) is 0 Å². The maximum atomic E-state index is 12.9. The van der Waals surface area contributed by atoms with Crippen LogP contribution in [0.5, 0.6) is 0 Å². The van der Waals surface area contributed by atoms with E-state index in [2.05, 4.69) is 5.32 Å². The normalized spacial score (nSPS) is 27.2. The minimum absolute atomic E-state index is 0.00146. The highest BCUT2D eigenvalue weighted by atomic mass is 19.4. The van der Waals surface area contributed by atoms with Gasteiger partial charge in [-0.25, -0.2) is 0 Å². The number of carbonyl (C=O) groups excluding carboxylic acids is 1. The quantitative estimate of drug-likeness (QED) is 0.897. The van der Waals surface area contributed by atoms with Crippen LogP contribution in [0.3, 0.4) is 0 Å². The van der Waals surface area contributed by atoms with Crippen LogP contribution in [0.1, 0.15) is 36.8 Å². The predicted molar refractivity (Wildman–Crippen MR) is 76.9 cm³/mol. The first-order valence-corrected chi connectivity index (χ1v) is 7.62. The summed E-state index contributed by atoms with van der Waals surface area (Å²) in [6, 6.07) is 3.51. The molecule has 2 aliphatic carbocycles. The van der Waals surface area contributed by atoms with Crippen molar-refractivity contribution in [2.75, 3.05) is 5.32 Å². The van der Waals surface area contributed by atoms with Crippen LogP contribution in [0.4, 0.5) is 18.9 Å². The summed E-state index contributed by atoms with van der Waals surface area (Å²) in [7, 11) is 0. The van der Waals surface area contributed by atoms with Crippen molar-refractivity contribution in [3.63, 3.8) is 0 Å². The van der Waals surface area contributed by atoms with E-state index in [1.807, 2.05) is 0 Å². The average molecular weight is 312 g/mol. The van der Waals surface area contributed by atoms with Crippen LogP contribution in [-0.4, -0.2) is 5.91 Å². The molecule has 1 aromatic carbocycles. The van der Waals surface area contributed by atoms with Gasteiger partial charge in [-0.05, 0) is 48.4 Å². The summed E-state index contributed by atoms with van der Waals surface area (Å²) < 4.78 is 38.6. The SMILES string of the molecule is NCc1cc(NC(=O)C2C3CCCCC32)cc(C(F)(F)F)c1. The Hall–Kier alpha value is -1.56. The number of hydrogen-bond donors (Lipinski definition) is 2. The Bertz CT molecular complexity index is 573. The first-order chi connectivity index (χ1) is 10.4. The predicted octanol–water partition coefficient (Wildman–Crippen LogP) is 3.54. The van der Waals surface area contributed by atoms with Crippen LogP contribution in [0.25, 0.3) is 0 Å². The fourth-order valence-electron chi connectivity index (χ4n) is 3.65. The van der Waals surface area contributed by atoms with Gasteiger partial charge in [-0.3, -0.25) is 4.79 Å². The zero-order valence-electron chi connectivity index (χ0n) is 12.1. The Morgan fingerprint density at radius 3 is 2.36 bits per heavy atom. The summed E-state index contributed by atoms with van der Waals surface area (Å²) in [5.41, 5.74) is 5.21. The molecule has 0 heterocycles. The molecule has 2 atom stereocenters. The third kappa shape index (κ3) is 2.97. The van der Waals surface area contributed by atoms with Gasteiger partial charge in [-0.15, -0.1) is 0 Å². The zero-order chi connectivity index (χ0) is 15.9. The van der Waals surface area contributed by atoms with E-state index in [-0.39, 0.29) is 24.1 Å². The monoisotopic (exact) mass is 312 g/mol. The van der Waals surface area contributed by atoms with Crippen molar-refractivity contribution in [1.29, 1.82) is 0 Å². The molecule has 3 nitrogen and oxygen atoms in total. The first-order valence-electron chi connectivity index (χ1n) is 7.62. The molecule has 0 spiro atoms. The topological polar surface area (TPSA) is 55.1 Å². The molecule has 120 valence electrons. The van der Waals surface area contributed by atoms with Crippen LogP contribution in [0, 0.1) is 17.8 Å². The molecular weight excluding hydrogens is 293 g/mol. The third-order valence-corrected chi connectivity index (χ3v) is 4.78. The summed E-state index contributed by atoms with van der Waals surface area (Å²) in [5.74, 6) is 0.666. The van der Waals surface area contributed by atoms with Gasteiger partial charge < -0.3 is 11.1 Å². The summed E-state index contributed by atoms with van der Waals surface area (Å²) in [6.45, 7) is 0.00146. The Labute approximate surface area is 127 Å². The average Bonchev–Trinajstić information content (AvgIpc) is 3.20. The molecule has 0 aromatic heterocycles. The lowest BCUT2D eigenvalue weighted by molar-refractivity contribution is -0.137. The maximum Gasteiger partial charge on any atom is 0.416 e. The maximum absolute atomic E-state index is 12.9. The number of fused-ring (bicyclic) bond motifs is 1. The second-order valence-corrected chi connectivity index (χ2v) is 6.25. The number of nitrogens with two attached hydrogens (primary N) is 1. The van der Waals surface area contributed by atoms with E-state index in [1.165, 1.54) is 6.07 Å². The lowest BCUT2D eigenvalue weighted by Crippen LogP contribution is -2.17. The molecule has 3 rings (SSSR count). The molecule has 1 amide bonds. The smallest absolute Gasteiger partial charge is 0.326 e. The summed E-state index contributed by atoms with van der Waals surface area (Å²) in [5, 5.41) is 2.65. The number of amides is 1. The van der Waals surface area contributed by atoms with Gasteiger partial charge in [0.2, 0.25) is 5.91 Å². The Morgan fingerprint density at radius 1 is 1.18 bits per heavy atom. The van der Waals surface area contributed by atoms with Crippen LogP contribution in [0.15, 0.2) is 18.2 Å². The number of rotatable bonds is 3. The lowest BCUT2D eigenvalue weighted by Gasteiger charge is -2.12. The molecule has 6 heteroatoms. The number of hydrogen-bond acceptors (Lipinski definition) is 2. The van der Waals surface area contributed by atoms with Gasteiger partial charge in [-0.2, -0.15) is 13.2 Å².